The van der Waals surface area contributed by atoms with Gasteiger partial charge in [0.15, 0.2) is 0 Å². The zero-order chi connectivity index (χ0) is 15.4. The van der Waals surface area contributed by atoms with Gasteiger partial charge in [0.05, 0.1) is 5.92 Å². The lowest BCUT2D eigenvalue weighted by atomic mass is 10.1. The number of nitrogens with zero attached hydrogens (tertiary/aromatic N) is 3. The summed E-state index contributed by atoms with van der Waals surface area (Å²) in [5.74, 6) is 1.28. The molecule has 1 atom stereocenters. The molecule has 1 aromatic heterocycles. The highest BCUT2D eigenvalue weighted by Gasteiger charge is 2.23. The average Bonchev–Trinajstić information content (AvgIpc) is 3.08. The number of piperazine rings is 1. The van der Waals surface area contributed by atoms with Crippen molar-refractivity contribution in [2.75, 3.05) is 51.2 Å². The van der Waals surface area contributed by atoms with Gasteiger partial charge in [-0.3, -0.25) is 4.79 Å². The molecule has 120 valence electrons. The van der Waals surface area contributed by atoms with Gasteiger partial charge in [0.25, 0.3) is 0 Å². The van der Waals surface area contributed by atoms with Crippen LogP contribution in [0.25, 0.3) is 0 Å². The number of rotatable bonds is 4. The number of amides is 1. The van der Waals surface area contributed by atoms with E-state index in [1.165, 1.54) is 0 Å². The summed E-state index contributed by atoms with van der Waals surface area (Å²) in [7, 11) is 2.15. The van der Waals surface area contributed by atoms with Gasteiger partial charge < -0.3 is 20.4 Å². The van der Waals surface area contributed by atoms with Crippen LogP contribution in [0.5, 0.6) is 0 Å². The molecular weight excluding hydrogens is 278 g/mol. The van der Waals surface area contributed by atoms with Crippen molar-refractivity contribution in [2.24, 2.45) is 5.92 Å². The molecule has 3 rings (SSSR count). The van der Waals surface area contributed by atoms with Crippen LogP contribution in [0.1, 0.15) is 12.0 Å². The summed E-state index contributed by atoms with van der Waals surface area (Å²) < 4.78 is 0. The van der Waals surface area contributed by atoms with E-state index >= 15 is 0 Å². The minimum atomic E-state index is 0.115. The molecule has 0 spiro atoms. The molecule has 0 saturated carbocycles. The summed E-state index contributed by atoms with van der Waals surface area (Å²) in [4.78, 5) is 21.3. The molecule has 1 aromatic rings. The Hall–Kier alpha value is -1.66. The van der Waals surface area contributed by atoms with Gasteiger partial charge in [-0.2, -0.15) is 0 Å². The van der Waals surface area contributed by atoms with Gasteiger partial charge in [0.1, 0.15) is 5.82 Å². The molecule has 0 aromatic carbocycles. The van der Waals surface area contributed by atoms with E-state index in [1.54, 1.807) is 0 Å². The van der Waals surface area contributed by atoms with E-state index in [0.29, 0.717) is 6.54 Å². The molecule has 6 heteroatoms. The highest BCUT2D eigenvalue weighted by molar-refractivity contribution is 5.79. The fourth-order valence-electron chi connectivity index (χ4n) is 3.08. The van der Waals surface area contributed by atoms with Crippen LogP contribution in [0.4, 0.5) is 5.82 Å². The molecule has 22 heavy (non-hydrogen) atoms. The van der Waals surface area contributed by atoms with Crippen LogP contribution >= 0.6 is 0 Å². The van der Waals surface area contributed by atoms with Crippen LogP contribution in [-0.4, -0.2) is 62.1 Å². The predicted molar refractivity (Wildman–Crippen MR) is 86.8 cm³/mol. The van der Waals surface area contributed by atoms with E-state index in [0.717, 1.165) is 57.1 Å². The number of carbonyl (C=O) groups is 1. The van der Waals surface area contributed by atoms with Crippen molar-refractivity contribution in [3.63, 3.8) is 0 Å². The number of nitrogens with one attached hydrogen (secondary N) is 2. The molecule has 2 fully saturated rings. The third-order valence-electron chi connectivity index (χ3n) is 4.55. The van der Waals surface area contributed by atoms with Crippen molar-refractivity contribution >= 4 is 11.7 Å². The van der Waals surface area contributed by atoms with E-state index in [2.05, 4.69) is 38.5 Å². The van der Waals surface area contributed by atoms with Crippen molar-refractivity contribution in [3.05, 3.63) is 23.9 Å². The molecule has 2 aliphatic rings. The van der Waals surface area contributed by atoms with Crippen molar-refractivity contribution in [1.82, 2.24) is 20.5 Å². The van der Waals surface area contributed by atoms with Gasteiger partial charge >= 0.3 is 0 Å². The van der Waals surface area contributed by atoms with Crippen LogP contribution in [0, 0.1) is 5.92 Å². The van der Waals surface area contributed by atoms with Gasteiger partial charge in [-0.25, -0.2) is 4.98 Å². The zero-order valence-electron chi connectivity index (χ0n) is 13.2. The number of carbonyl (C=O) groups excluding carboxylic acids is 1. The van der Waals surface area contributed by atoms with Crippen molar-refractivity contribution in [2.45, 2.75) is 13.0 Å². The van der Waals surface area contributed by atoms with Gasteiger partial charge in [-0.05, 0) is 26.1 Å². The van der Waals surface area contributed by atoms with E-state index in [9.17, 15) is 4.79 Å². The SMILES string of the molecule is CN1CCN(c2ncccc2CNC(=O)C2CCNC2)CC1. The maximum absolute atomic E-state index is 12.2. The number of hydrogen-bond donors (Lipinski definition) is 2. The number of hydrogen-bond acceptors (Lipinski definition) is 5. The normalized spacial score (nSPS) is 22.8. The number of likely N-dealkylation sites (N-methyl/N-ethyl adjacent to an activating group) is 1. The number of anilines is 1. The molecule has 1 amide bonds. The third kappa shape index (κ3) is 3.56. The first-order valence-electron chi connectivity index (χ1n) is 8.10. The van der Waals surface area contributed by atoms with E-state index in [4.69, 9.17) is 0 Å². The zero-order valence-corrected chi connectivity index (χ0v) is 13.2. The minimum Gasteiger partial charge on any atom is -0.354 e. The first-order chi connectivity index (χ1) is 10.7. The predicted octanol–water partition coefficient (Wildman–Crippen LogP) is 0.0591. The summed E-state index contributed by atoms with van der Waals surface area (Å²) in [6.45, 7) is 6.38. The molecular formula is C16H25N5O. The molecule has 3 heterocycles. The Morgan fingerprint density at radius 1 is 1.41 bits per heavy atom. The lowest BCUT2D eigenvalue weighted by molar-refractivity contribution is -0.124. The maximum Gasteiger partial charge on any atom is 0.224 e. The molecule has 0 radical (unpaired) electrons. The summed E-state index contributed by atoms with van der Waals surface area (Å²) in [5, 5.41) is 6.31. The second-order valence-corrected chi connectivity index (χ2v) is 6.18. The van der Waals surface area contributed by atoms with Crippen LogP contribution in [0.3, 0.4) is 0 Å². The first-order valence-corrected chi connectivity index (χ1v) is 8.10. The molecule has 0 bridgehead atoms. The Morgan fingerprint density at radius 2 is 2.23 bits per heavy atom. The number of aromatic nitrogens is 1. The Bertz CT molecular complexity index is 507. The average molecular weight is 303 g/mol. The minimum absolute atomic E-state index is 0.115. The molecule has 0 aliphatic carbocycles. The summed E-state index contributed by atoms with van der Waals surface area (Å²) in [5.41, 5.74) is 1.10. The van der Waals surface area contributed by atoms with Crippen molar-refractivity contribution in [1.29, 1.82) is 0 Å². The number of pyridine rings is 1. The lowest BCUT2D eigenvalue weighted by Crippen LogP contribution is -2.45. The maximum atomic E-state index is 12.2. The fourth-order valence-corrected chi connectivity index (χ4v) is 3.08. The van der Waals surface area contributed by atoms with Gasteiger partial charge in [-0.15, -0.1) is 0 Å². The summed E-state index contributed by atoms with van der Waals surface area (Å²) in [6.07, 6.45) is 2.77. The van der Waals surface area contributed by atoms with E-state index in [-0.39, 0.29) is 11.8 Å². The molecule has 2 N–H and O–H groups in total. The largest absolute Gasteiger partial charge is 0.354 e. The highest BCUT2D eigenvalue weighted by Crippen LogP contribution is 2.19. The molecule has 2 aliphatic heterocycles. The summed E-state index contributed by atoms with van der Waals surface area (Å²) >= 11 is 0. The van der Waals surface area contributed by atoms with E-state index in [1.807, 2.05) is 12.3 Å². The lowest BCUT2D eigenvalue weighted by Gasteiger charge is -2.34. The Balaban J connectivity index is 1.62. The van der Waals surface area contributed by atoms with E-state index < -0.39 is 0 Å². The third-order valence-corrected chi connectivity index (χ3v) is 4.55. The monoisotopic (exact) mass is 303 g/mol. The van der Waals surface area contributed by atoms with Crippen LogP contribution < -0.4 is 15.5 Å². The smallest absolute Gasteiger partial charge is 0.224 e. The Kier molecular flexibility index (Phi) is 4.90. The van der Waals surface area contributed by atoms with Crippen molar-refractivity contribution in [3.8, 4) is 0 Å². The van der Waals surface area contributed by atoms with Gasteiger partial charge in [0.2, 0.25) is 5.91 Å². The highest BCUT2D eigenvalue weighted by atomic mass is 16.1. The fraction of sp³-hybridized carbons (Fsp3) is 0.625. The second kappa shape index (κ2) is 7.07. The molecule has 1 unspecified atom stereocenters. The Morgan fingerprint density at radius 3 is 2.95 bits per heavy atom. The molecule has 2 saturated heterocycles. The Labute approximate surface area is 131 Å². The van der Waals surface area contributed by atoms with Crippen LogP contribution in [0.15, 0.2) is 18.3 Å². The molecule has 6 nitrogen and oxygen atoms in total. The van der Waals surface area contributed by atoms with Gasteiger partial charge in [0, 0.05) is 51.0 Å². The first kappa shape index (κ1) is 15.2. The second-order valence-electron chi connectivity index (χ2n) is 6.18. The summed E-state index contributed by atoms with van der Waals surface area (Å²) in [6, 6.07) is 4.01. The quantitative estimate of drug-likeness (QED) is 0.824. The van der Waals surface area contributed by atoms with Gasteiger partial charge in [-0.1, -0.05) is 6.07 Å². The van der Waals surface area contributed by atoms with Crippen molar-refractivity contribution < 1.29 is 4.79 Å². The van der Waals surface area contributed by atoms with Crippen LogP contribution in [-0.2, 0) is 11.3 Å². The topological polar surface area (TPSA) is 60.5 Å². The van der Waals surface area contributed by atoms with Crippen LogP contribution in [0.2, 0.25) is 0 Å². The standard InChI is InChI=1S/C16H25N5O/c1-20-7-9-21(10-8-20)15-13(3-2-5-18-15)12-19-16(22)14-4-6-17-11-14/h2-3,5,14,17H,4,6-12H2,1H3,(H,19,22).